The number of rotatable bonds is 8. The second-order valence-corrected chi connectivity index (χ2v) is 6.27. The van der Waals surface area contributed by atoms with E-state index in [1.807, 2.05) is 6.92 Å². The quantitative estimate of drug-likeness (QED) is 0.690. The molecule has 0 aliphatic carbocycles. The number of benzene rings is 1. The van der Waals surface area contributed by atoms with Gasteiger partial charge in [0, 0.05) is 26.0 Å². The highest BCUT2D eigenvalue weighted by molar-refractivity contribution is 7.90. The van der Waals surface area contributed by atoms with Crippen LogP contribution in [0.1, 0.15) is 18.6 Å². The number of hydrogen-bond acceptors (Lipinski definition) is 5. The van der Waals surface area contributed by atoms with Crippen molar-refractivity contribution in [1.82, 2.24) is 5.32 Å². The number of aliphatic hydroxyl groups is 1. The highest BCUT2D eigenvalue weighted by atomic mass is 32.2. The number of ether oxygens (including phenoxy) is 1. The molecule has 19 heavy (non-hydrogen) atoms. The van der Waals surface area contributed by atoms with Crippen LogP contribution in [-0.2, 0) is 14.6 Å². The third-order valence-electron chi connectivity index (χ3n) is 2.66. The van der Waals surface area contributed by atoms with Crippen molar-refractivity contribution in [3.63, 3.8) is 0 Å². The van der Waals surface area contributed by atoms with Crippen molar-refractivity contribution in [3.8, 4) is 0 Å². The summed E-state index contributed by atoms with van der Waals surface area (Å²) in [4.78, 5) is 0.257. The summed E-state index contributed by atoms with van der Waals surface area (Å²) in [5, 5.41) is 13.0. The third kappa shape index (κ3) is 5.69. The molecule has 0 saturated heterocycles. The van der Waals surface area contributed by atoms with Crippen LogP contribution in [0.4, 0.5) is 0 Å². The van der Waals surface area contributed by atoms with E-state index in [2.05, 4.69) is 5.32 Å². The SMILES string of the molecule is CCOCCNCC(O)c1ccc(S(C)(=O)=O)cc1. The van der Waals surface area contributed by atoms with Crippen LogP contribution >= 0.6 is 0 Å². The largest absolute Gasteiger partial charge is 0.387 e. The van der Waals surface area contributed by atoms with Gasteiger partial charge in [-0.1, -0.05) is 12.1 Å². The molecule has 1 aromatic rings. The van der Waals surface area contributed by atoms with E-state index in [-0.39, 0.29) is 4.90 Å². The highest BCUT2D eigenvalue weighted by Gasteiger charge is 2.10. The summed E-state index contributed by atoms with van der Waals surface area (Å²) >= 11 is 0. The van der Waals surface area contributed by atoms with E-state index < -0.39 is 15.9 Å². The maximum atomic E-state index is 11.3. The van der Waals surface area contributed by atoms with Crippen LogP contribution in [0.15, 0.2) is 29.2 Å². The van der Waals surface area contributed by atoms with E-state index in [0.29, 0.717) is 31.9 Å². The molecule has 0 heterocycles. The fourth-order valence-corrected chi connectivity index (χ4v) is 2.21. The molecule has 0 aliphatic rings. The van der Waals surface area contributed by atoms with Crippen molar-refractivity contribution >= 4 is 9.84 Å². The lowest BCUT2D eigenvalue weighted by molar-refractivity contribution is 0.138. The van der Waals surface area contributed by atoms with Crippen LogP contribution in [0.5, 0.6) is 0 Å². The lowest BCUT2D eigenvalue weighted by Crippen LogP contribution is -2.25. The van der Waals surface area contributed by atoms with Crippen LogP contribution in [-0.4, -0.2) is 46.1 Å². The van der Waals surface area contributed by atoms with Crippen LogP contribution < -0.4 is 5.32 Å². The van der Waals surface area contributed by atoms with E-state index in [0.717, 1.165) is 6.26 Å². The first-order valence-electron chi connectivity index (χ1n) is 6.21. The fourth-order valence-electron chi connectivity index (χ4n) is 1.58. The first kappa shape index (κ1) is 16.1. The van der Waals surface area contributed by atoms with E-state index in [1.165, 1.54) is 12.1 Å². The zero-order chi connectivity index (χ0) is 14.3. The van der Waals surface area contributed by atoms with Gasteiger partial charge in [0.2, 0.25) is 0 Å². The summed E-state index contributed by atoms with van der Waals surface area (Å²) in [6.45, 7) is 4.29. The second-order valence-electron chi connectivity index (χ2n) is 4.26. The molecule has 6 heteroatoms. The second kappa shape index (κ2) is 7.59. The van der Waals surface area contributed by atoms with E-state index >= 15 is 0 Å². The molecule has 2 N–H and O–H groups in total. The predicted octanol–water partition coefficient (Wildman–Crippen LogP) is 0.750. The summed E-state index contributed by atoms with van der Waals surface area (Å²) in [5.41, 5.74) is 0.691. The van der Waals surface area contributed by atoms with E-state index in [1.54, 1.807) is 12.1 Å². The number of hydrogen-bond donors (Lipinski definition) is 2. The molecular weight excluding hydrogens is 266 g/mol. The fraction of sp³-hybridized carbons (Fsp3) is 0.538. The van der Waals surface area contributed by atoms with Gasteiger partial charge in [0.1, 0.15) is 0 Å². The zero-order valence-electron chi connectivity index (χ0n) is 11.3. The molecule has 1 rings (SSSR count). The van der Waals surface area contributed by atoms with Crippen molar-refractivity contribution in [2.45, 2.75) is 17.9 Å². The number of sulfone groups is 1. The Kier molecular flexibility index (Phi) is 6.44. The van der Waals surface area contributed by atoms with Gasteiger partial charge in [-0.3, -0.25) is 0 Å². The van der Waals surface area contributed by atoms with Gasteiger partial charge in [-0.15, -0.1) is 0 Å². The molecule has 1 aromatic carbocycles. The summed E-state index contributed by atoms with van der Waals surface area (Å²) < 4.78 is 27.8. The molecule has 5 nitrogen and oxygen atoms in total. The average Bonchev–Trinajstić information content (AvgIpc) is 2.37. The Labute approximate surface area is 114 Å². The molecule has 0 aromatic heterocycles. The molecule has 0 spiro atoms. The van der Waals surface area contributed by atoms with Gasteiger partial charge < -0.3 is 15.2 Å². The minimum Gasteiger partial charge on any atom is -0.387 e. The van der Waals surface area contributed by atoms with Gasteiger partial charge in [-0.05, 0) is 24.6 Å². The standard InChI is InChI=1S/C13H21NO4S/c1-3-18-9-8-14-10-13(15)11-4-6-12(7-5-11)19(2,16)17/h4-7,13-15H,3,8-10H2,1-2H3. The predicted molar refractivity (Wildman–Crippen MR) is 73.9 cm³/mol. The Bertz CT molecular complexity index is 470. The molecule has 108 valence electrons. The molecule has 0 aliphatic heterocycles. The number of aliphatic hydroxyl groups excluding tert-OH is 1. The average molecular weight is 287 g/mol. The molecule has 0 bridgehead atoms. The van der Waals surface area contributed by atoms with Crippen molar-refractivity contribution in [1.29, 1.82) is 0 Å². The summed E-state index contributed by atoms with van der Waals surface area (Å²) in [6.07, 6.45) is 0.503. The molecule has 0 amide bonds. The Balaban J connectivity index is 2.47. The molecule has 1 atom stereocenters. The third-order valence-corrected chi connectivity index (χ3v) is 3.79. The molecule has 0 fully saturated rings. The van der Waals surface area contributed by atoms with Gasteiger partial charge in [0.15, 0.2) is 9.84 Å². The van der Waals surface area contributed by atoms with Gasteiger partial charge in [-0.2, -0.15) is 0 Å². The van der Waals surface area contributed by atoms with E-state index in [4.69, 9.17) is 4.74 Å². The van der Waals surface area contributed by atoms with Gasteiger partial charge in [0.25, 0.3) is 0 Å². The number of nitrogens with one attached hydrogen (secondary N) is 1. The van der Waals surface area contributed by atoms with E-state index in [9.17, 15) is 13.5 Å². The summed E-state index contributed by atoms with van der Waals surface area (Å²) in [6, 6.07) is 6.28. The monoisotopic (exact) mass is 287 g/mol. The molecule has 0 radical (unpaired) electrons. The smallest absolute Gasteiger partial charge is 0.175 e. The summed E-state index contributed by atoms with van der Waals surface area (Å²) in [5.74, 6) is 0. The maximum absolute atomic E-state index is 11.3. The Hall–Kier alpha value is -0.950. The van der Waals surface area contributed by atoms with Crippen molar-refractivity contribution < 1.29 is 18.3 Å². The zero-order valence-corrected chi connectivity index (χ0v) is 12.1. The molecule has 1 unspecified atom stereocenters. The Morgan fingerprint density at radius 1 is 1.32 bits per heavy atom. The van der Waals surface area contributed by atoms with Crippen molar-refractivity contribution in [3.05, 3.63) is 29.8 Å². The normalized spacial score (nSPS) is 13.4. The van der Waals surface area contributed by atoms with Crippen molar-refractivity contribution in [2.24, 2.45) is 0 Å². The molecule has 0 saturated carbocycles. The molecular formula is C13H21NO4S. The van der Waals surface area contributed by atoms with Crippen LogP contribution in [0.2, 0.25) is 0 Å². The van der Waals surface area contributed by atoms with Crippen LogP contribution in [0, 0.1) is 0 Å². The maximum Gasteiger partial charge on any atom is 0.175 e. The van der Waals surface area contributed by atoms with Gasteiger partial charge in [-0.25, -0.2) is 8.42 Å². The van der Waals surface area contributed by atoms with Crippen LogP contribution in [0.3, 0.4) is 0 Å². The Morgan fingerprint density at radius 2 is 1.95 bits per heavy atom. The van der Waals surface area contributed by atoms with Crippen LogP contribution in [0.25, 0.3) is 0 Å². The Morgan fingerprint density at radius 3 is 2.47 bits per heavy atom. The first-order chi connectivity index (χ1) is 8.95. The van der Waals surface area contributed by atoms with Gasteiger partial charge >= 0.3 is 0 Å². The lowest BCUT2D eigenvalue weighted by Gasteiger charge is -2.12. The van der Waals surface area contributed by atoms with Gasteiger partial charge in [0.05, 0.1) is 17.6 Å². The minimum atomic E-state index is -3.19. The topological polar surface area (TPSA) is 75.6 Å². The lowest BCUT2D eigenvalue weighted by atomic mass is 10.1. The highest BCUT2D eigenvalue weighted by Crippen LogP contribution is 2.15. The minimum absolute atomic E-state index is 0.257. The van der Waals surface area contributed by atoms with Crippen molar-refractivity contribution in [2.75, 3.05) is 32.6 Å². The summed E-state index contributed by atoms with van der Waals surface area (Å²) in [7, 11) is -3.19. The first-order valence-corrected chi connectivity index (χ1v) is 8.11.